The summed E-state index contributed by atoms with van der Waals surface area (Å²) >= 11 is 0. The number of hydrogen-bond acceptors (Lipinski definition) is 1. The minimum Gasteiger partial charge on any atom is -0.207 e. The van der Waals surface area contributed by atoms with Crippen LogP contribution in [0.4, 0.5) is 8.78 Å². The first-order chi connectivity index (χ1) is 10.7. The van der Waals surface area contributed by atoms with E-state index in [0.29, 0.717) is 17.5 Å². The van der Waals surface area contributed by atoms with Crippen molar-refractivity contribution in [1.29, 1.82) is 5.26 Å². The van der Waals surface area contributed by atoms with Crippen LogP contribution in [-0.2, 0) is 11.8 Å². The Bertz CT molecular complexity index is 751. The molecule has 0 aliphatic carbocycles. The van der Waals surface area contributed by atoms with Gasteiger partial charge in [0.15, 0.2) is 0 Å². The molecular weight excluding hydrogens is 292 g/mol. The summed E-state index contributed by atoms with van der Waals surface area (Å²) in [6, 6.07) is 11.6. The molecule has 0 saturated carbocycles. The zero-order valence-electron chi connectivity index (χ0n) is 14.0. The Morgan fingerprint density at radius 2 is 1.83 bits per heavy atom. The molecular formula is C20H21F2N. The van der Waals surface area contributed by atoms with Gasteiger partial charge in [-0.25, -0.2) is 8.78 Å². The maximum Gasteiger partial charge on any atom is 0.126 e. The van der Waals surface area contributed by atoms with Crippen LogP contribution in [-0.4, -0.2) is 0 Å². The lowest BCUT2D eigenvalue weighted by Gasteiger charge is -2.23. The third-order valence-corrected chi connectivity index (χ3v) is 4.09. The summed E-state index contributed by atoms with van der Waals surface area (Å²) < 4.78 is 27.3. The van der Waals surface area contributed by atoms with E-state index in [1.165, 1.54) is 6.07 Å². The molecule has 2 aromatic carbocycles. The molecule has 1 unspecified atom stereocenters. The molecule has 0 spiro atoms. The van der Waals surface area contributed by atoms with E-state index in [9.17, 15) is 14.0 Å². The predicted molar refractivity (Wildman–Crippen MR) is 88.3 cm³/mol. The molecule has 0 aliphatic rings. The van der Waals surface area contributed by atoms with E-state index >= 15 is 0 Å². The van der Waals surface area contributed by atoms with Crippen LogP contribution in [0.2, 0.25) is 0 Å². The Morgan fingerprint density at radius 1 is 1.13 bits per heavy atom. The number of nitriles is 1. The zero-order chi connectivity index (χ0) is 17.2. The molecule has 0 aliphatic heterocycles. The second kappa shape index (κ2) is 6.50. The van der Waals surface area contributed by atoms with Crippen LogP contribution in [0.1, 0.15) is 55.9 Å². The van der Waals surface area contributed by atoms with Crippen molar-refractivity contribution in [3.8, 4) is 6.07 Å². The first-order valence-corrected chi connectivity index (χ1v) is 7.71. The second-order valence-corrected chi connectivity index (χ2v) is 6.97. The molecule has 0 radical (unpaired) electrons. The summed E-state index contributed by atoms with van der Waals surface area (Å²) in [6.07, 6.45) is 0.493. The molecule has 0 bridgehead atoms. The van der Waals surface area contributed by atoms with Crippen molar-refractivity contribution in [2.24, 2.45) is 0 Å². The van der Waals surface area contributed by atoms with E-state index in [4.69, 9.17) is 0 Å². The molecule has 1 atom stereocenters. The van der Waals surface area contributed by atoms with Crippen molar-refractivity contribution in [3.63, 3.8) is 0 Å². The minimum absolute atomic E-state index is 0.144. The zero-order valence-corrected chi connectivity index (χ0v) is 14.0. The maximum atomic E-state index is 13.9. The van der Waals surface area contributed by atoms with E-state index in [1.54, 1.807) is 0 Å². The highest BCUT2D eigenvalue weighted by Crippen LogP contribution is 2.31. The normalized spacial score (nSPS) is 12.7. The van der Waals surface area contributed by atoms with E-state index in [-0.39, 0.29) is 11.3 Å². The molecule has 0 amide bonds. The van der Waals surface area contributed by atoms with Gasteiger partial charge < -0.3 is 0 Å². The van der Waals surface area contributed by atoms with Gasteiger partial charge in [0.05, 0.1) is 11.6 Å². The van der Waals surface area contributed by atoms with Gasteiger partial charge in [0, 0.05) is 0 Å². The van der Waals surface area contributed by atoms with Crippen LogP contribution in [0, 0.1) is 23.0 Å². The van der Waals surface area contributed by atoms with Gasteiger partial charge in [-0.05, 0) is 52.6 Å². The summed E-state index contributed by atoms with van der Waals surface area (Å²) in [6.45, 7) is 8.02. The van der Waals surface area contributed by atoms with Gasteiger partial charge in [-0.15, -0.1) is 0 Å². The Morgan fingerprint density at radius 3 is 2.43 bits per heavy atom. The number of nitrogens with zero attached hydrogens (tertiary/aromatic N) is 1. The second-order valence-electron chi connectivity index (χ2n) is 6.97. The highest BCUT2D eigenvalue weighted by Gasteiger charge is 2.21. The minimum atomic E-state index is -0.447. The smallest absolute Gasteiger partial charge is 0.126 e. The molecule has 3 heteroatoms. The van der Waals surface area contributed by atoms with E-state index in [2.05, 4.69) is 26.8 Å². The van der Waals surface area contributed by atoms with Crippen molar-refractivity contribution in [1.82, 2.24) is 0 Å². The third kappa shape index (κ3) is 3.76. The molecule has 0 heterocycles. The summed E-state index contributed by atoms with van der Waals surface area (Å²) in [5.74, 6) is -1.07. The van der Waals surface area contributed by atoms with Crippen molar-refractivity contribution in [2.45, 2.75) is 45.4 Å². The standard InChI is InChI=1S/C20H21F2N/c1-13(16-11-15(21)8-9-19(16)22)10-14-6-5-7-18(17(14)12-23)20(2,3)4/h5-9,11,13H,10H2,1-4H3. The van der Waals surface area contributed by atoms with Crippen molar-refractivity contribution in [3.05, 3.63) is 70.3 Å². The first-order valence-electron chi connectivity index (χ1n) is 7.71. The van der Waals surface area contributed by atoms with Gasteiger partial charge in [0.2, 0.25) is 0 Å². The number of rotatable bonds is 3. The molecule has 0 saturated heterocycles. The van der Waals surface area contributed by atoms with E-state index in [0.717, 1.165) is 23.3 Å². The lowest BCUT2D eigenvalue weighted by Crippen LogP contribution is -2.15. The lowest BCUT2D eigenvalue weighted by molar-refractivity contribution is 0.565. The Hall–Kier alpha value is -2.21. The molecule has 0 N–H and O–H groups in total. The Kier molecular flexibility index (Phi) is 4.85. The number of benzene rings is 2. The molecule has 2 rings (SSSR count). The van der Waals surface area contributed by atoms with Crippen LogP contribution in [0.3, 0.4) is 0 Å². The monoisotopic (exact) mass is 313 g/mol. The molecule has 1 nitrogen and oxygen atoms in total. The largest absolute Gasteiger partial charge is 0.207 e. The molecule has 0 fully saturated rings. The topological polar surface area (TPSA) is 23.8 Å². The first kappa shape index (κ1) is 17.1. The fraction of sp³-hybridized carbons (Fsp3) is 0.350. The fourth-order valence-electron chi connectivity index (χ4n) is 2.86. The van der Waals surface area contributed by atoms with Crippen LogP contribution in [0.5, 0.6) is 0 Å². The molecule has 120 valence electrons. The van der Waals surface area contributed by atoms with E-state index in [1.807, 2.05) is 25.1 Å². The van der Waals surface area contributed by atoms with E-state index < -0.39 is 11.6 Å². The van der Waals surface area contributed by atoms with Gasteiger partial charge in [-0.1, -0.05) is 45.9 Å². The van der Waals surface area contributed by atoms with Gasteiger partial charge >= 0.3 is 0 Å². The van der Waals surface area contributed by atoms with Crippen LogP contribution in [0.15, 0.2) is 36.4 Å². The van der Waals surface area contributed by atoms with Crippen LogP contribution >= 0.6 is 0 Å². The van der Waals surface area contributed by atoms with Gasteiger partial charge in [-0.3, -0.25) is 0 Å². The van der Waals surface area contributed by atoms with Crippen LogP contribution in [0.25, 0.3) is 0 Å². The molecule has 0 aromatic heterocycles. The summed E-state index contributed by atoms with van der Waals surface area (Å²) in [4.78, 5) is 0. The summed E-state index contributed by atoms with van der Waals surface area (Å²) in [5, 5.41) is 9.56. The summed E-state index contributed by atoms with van der Waals surface area (Å²) in [5.41, 5.74) is 2.69. The lowest BCUT2D eigenvalue weighted by atomic mass is 9.80. The van der Waals surface area contributed by atoms with Crippen molar-refractivity contribution < 1.29 is 8.78 Å². The summed E-state index contributed by atoms with van der Waals surface area (Å²) in [7, 11) is 0. The Labute approximate surface area is 136 Å². The highest BCUT2D eigenvalue weighted by molar-refractivity contribution is 5.48. The highest BCUT2D eigenvalue weighted by atomic mass is 19.1. The fourth-order valence-corrected chi connectivity index (χ4v) is 2.86. The predicted octanol–water partition coefficient (Wildman–Crippen LogP) is 5.48. The van der Waals surface area contributed by atoms with Crippen molar-refractivity contribution in [2.75, 3.05) is 0 Å². The average Bonchev–Trinajstić information content (AvgIpc) is 2.48. The van der Waals surface area contributed by atoms with Crippen LogP contribution < -0.4 is 0 Å². The third-order valence-electron chi connectivity index (χ3n) is 4.09. The van der Waals surface area contributed by atoms with Gasteiger partial charge in [-0.2, -0.15) is 5.26 Å². The Balaban J connectivity index is 2.41. The van der Waals surface area contributed by atoms with Crippen molar-refractivity contribution >= 4 is 0 Å². The number of halogens is 2. The molecule has 2 aromatic rings. The number of hydrogen-bond donors (Lipinski definition) is 0. The molecule has 23 heavy (non-hydrogen) atoms. The van der Waals surface area contributed by atoms with Gasteiger partial charge in [0.1, 0.15) is 11.6 Å². The average molecular weight is 313 g/mol. The SMILES string of the molecule is CC(Cc1cccc(C(C)(C)C)c1C#N)c1cc(F)ccc1F. The maximum absolute atomic E-state index is 13.9. The van der Waals surface area contributed by atoms with Gasteiger partial charge in [0.25, 0.3) is 0 Å². The quantitative estimate of drug-likeness (QED) is 0.736.